The lowest BCUT2D eigenvalue weighted by Crippen LogP contribution is -2.30. The molecule has 0 unspecified atom stereocenters. The van der Waals surface area contributed by atoms with Crippen molar-refractivity contribution in [3.05, 3.63) is 18.0 Å². The van der Waals surface area contributed by atoms with Crippen molar-refractivity contribution in [3.63, 3.8) is 0 Å². The second-order valence-electron chi connectivity index (χ2n) is 2.96. The Balaban J connectivity index is 2.72. The maximum absolute atomic E-state index is 11.3. The van der Waals surface area contributed by atoms with Gasteiger partial charge in [-0.3, -0.25) is 4.79 Å². The van der Waals surface area contributed by atoms with Gasteiger partial charge in [-0.05, 0) is 13.8 Å². The Morgan fingerprint density at radius 3 is 2.46 bits per heavy atom. The molecule has 0 aliphatic carbocycles. The van der Waals surface area contributed by atoms with Crippen molar-refractivity contribution in [3.8, 4) is 0 Å². The quantitative estimate of drug-likeness (QED) is 0.681. The molecule has 13 heavy (non-hydrogen) atoms. The molecule has 0 fully saturated rings. The summed E-state index contributed by atoms with van der Waals surface area (Å²) in [6.07, 6.45) is 2.81. The predicted molar refractivity (Wildman–Crippen MR) is 49.0 cm³/mol. The third-order valence-corrected chi connectivity index (χ3v) is 1.35. The lowest BCUT2D eigenvalue weighted by atomic mass is 10.3. The number of anilines is 1. The molecule has 0 bridgehead atoms. The number of nitrogens with two attached hydrogens (primary N) is 1. The molecular weight excluding hydrogens is 168 g/mol. The number of nitrogen functional groups attached to an aromatic ring is 1. The molecule has 0 radical (unpaired) electrons. The molecule has 70 valence electrons. The van der Waals surface area contributed by atoms with Gasteiger partial charge in [-0.15, -0.1) is 0 Å². The minimum absolute atomic E-state index is 0.102. The number of nitrogens with zero attached hydrogens (tertiary/aromatic N) is 2. The summed E-state index contributed by atoms with van der Waals surface area (Å²) in [7, 11) is 0. The zero-order chi connectivity index (χ0) is 9.84. The van der Waals surface area contributed by atoms with E-state index in [9.17, 15) is 4.79 Å². The summed E-state index contributed by atoms with van der Waals surface area (Å²) >= 11 is 0. The van der Waals surface area contributed by atoms with E-state index in [-0.39, 0.29) is 17.9 Å². The molecular formula is C8H12N4O. The average molecular weight is 180 g/mol. The van der Waals surface area contributed by atoms with Crippen LogP contribution in [0.4, 0.5) is 5.95 Å². The van der Waals surface area contributed by atoms with Gasteiger partial charge in [0.15, 0.2) is 0 Å². The van der Waals surface area contributed by atoms with Crippen LogP contribution in [0.2, 0.25) is 0 Å². The van der Waals surface area contributed by atoms with Crippen molar-refractivity contribution < 1.29 is 4.79 Å². The molecule has 0 atom stereocenters. The van der Waals surface area contributed by atoms with Crippen LogP contribution in [0.25, 0.3) is 0 Å². The number of hydrogen-bond donors (Lipinski definition) is 2. The normalized spacial score (nSPS) is 10.1. The second kappa shape index (κ2) is 3.84. The molecule has 0 saturated heterocycles. The fourth-order valence-corrected chi connectivity index (χ4v) is 0.801. The van der Waals surface area contributed by atoms with E-state index >= 15 is 0 Å². The molecule has 1 amide bonds. The maximum atomic E-state index is 11.3. The maximum Gasteiger partial charge on any atom is 0.254 e. The third kappa shape index (κ3) is 2.70. The molecule has 0 saturated carbocycles. The first kappa shape index (κ1) is 9.44. The van der Waals surface area contributed by atoms with Crippen LogP contribution in [0.3, 0.4) is 0 Å². The van der Waals surface area contributed by atoms with Crippen LogP contribution >= 0.6 is 0 Å². The molecule has 1 aromatic heterocycles. The van der Waals surface area contributed by atoms with Gasteiger partial charge in [-0.25, -0.2) is 9.97 Å². The zero-order valence-electron chi connectivity index (χ0n) is 7.61. The number of carbonyl (C=O) groups excluding carboxylic acids is 1. The largest absolute Gasteiger partial charge is 0.368 e. The van der Waals surface area contributed by atoms with Crippen molar-refractivity contribution in [1.29, 1.82) is 0 Å². The average Bonchev–Trinajstić information content (AvgIpc) is 2.04. The lowest BCUT2D eigenvalue weighted by Gasteiger charge is -2.07. The van der Waals surface area contributed by atoms with Gasteiger partial charge < -0.3 is 11.1 Å². The highest BCUT2D eigenvalue weighted by molar-refractivity contribution is 5.93. The van der Waals surface area contributed by atoms with E-state index in [0.29, 0.717) is 5.56 Å². The number of hydrogen-bond acceptors (Lipinski definition) is 4. The van der Waals surface area contributed by atoms with Crippen LogP contribution in [0.15, 0.2) is 12.4 Å². The molecule has 1 heterocycles. The van der Waals surface area contributed by atoms with Crippen molar-refractivity contribution in [2.75, 3.05) is 5.73 Å². The fourth-order valence-electron chi connectivity index (χ4n) is 0.801. The first-order valence-corrected chi connectivity index (χ1v) is 3.98. The van der Waals surface area contributed by atoms with E-state index in [2.05, 4.69) is 15.3 Å². The van der Waals surface area contributed by atoms with Crippen LogP contribution in [-0.4, -0.2) is 21.9 Å². The van der Waals surface area contributed by atoms with Crippen molar-refractivity contribution >= 4 is 11.9 Å². The standard InChI is InChI=1S/C8H12N4O/c1-5(2)12-7(13)6-3-10-8(9)11-4-6/h3-5H,1-2H3,(H,12,13)(H2,9,10,11). The van der Waals surface area contributed by atoms with Gasteiger partial charge in [0.2, 0.25) is 5.95 Å². The van der Waals surface area contributed by atoms with Crippen molar-refractivity contribution in [2.24, 2.45) is 0 Å². The fraction of sp³-hybridized carbons (Fsp3) is 0.375. The number of aromatic nitrogens is 2. The number of nitrogens with one attached hydrogen (secondary N) is 1. The summed E-state index contributed by atoms with van der Waals surface area (Å²) in [4.78, 5) is 18.8. The number of amides is 1. The molecule has 0 aromatic carbocycles. The minimum atomic E-state index is -0.185. The van der Waals surface area contributed by atoms with Gasteiger partial charge in [-0.1, -0.05) is 0 Å². The van der Waals surface area contributed by atoms with Gasteiger partial charge in [0.25, 0.3) is 5.91 Å². The molecule has 3 N–H and O–H groups in total. The Kier molecular flexibility index (Phi) is 2.79. The summed E-state index contributed by atoms with van der Waals surface area (Å²) in [6.45, 7) is 3.77. The van der Waals surface area contributed by atoms with E-state index in [1.807, 2.05) is 13.8 Å². The highest BCUT2D eigenvalue weighted by atomic mass is 16.1. The molecule has 1 aromatic rings. The summed E-state index contributed by atoms with van der Waals surface area (Å²) in [5.41, 5.74) is 5.69. The number of carbonyl (C=O) groups is 1. The highest BCUT2D eigenvalue weighted by Crippen LogP contribution is 1.97. The molecule has 5 nitrogen and oxygen atoms in total. The monoisotopic (exact) mass is 180 g/mol. The topological polar surface area (TPSA) is 80.9 Å². The Morgan fingerprint density at radius 2 is 2.00 bits per heavy atom. The van der Waals surface area contributed by atoms with E-state index in [1.54, 1.807) is 0 Å². The van der Waals surface area contributed by atoms with E-state index in [0.717, 1.165) is 0 Å². The van der Waals surface area contributed by atoms with Crippen LogP contribution < -0.4 is 11.1 Å². The van der Waals surface area contributed by atoms with Gasteiger partial charge >= 0.3 is 0 Å². The molecule has 0 aliphatic rings. The molecule has 1 rings (SSSR count). The SMILES string of the molecule is CC(C)NC(=O)c1cnc(N)nc1. The first-order chi connectivity index (χ1) is 6.09. The van der Waals surface area contributed by atoms with E-state index in [4.69, 9.17) is 5.73 Å². The third-order valence-electron chi connectivity index (χ3n) is 1.35. The van der Waals surface area contributed by atoms with Crippen molar-refractivity contribution in [1.82, 2.24) is 15.3 Å². The Hall–Kier alpha value is -1.65. The van der Waals surface area contributed by atoms with Crippen molar-refractivity contribution in [2.45, 2.75) is 19.9 Å². The Bertz CT molecular complexity index is 294. The molecule has 0 spiro atoms. The smallest absolute Gasteiger partial charge is 0.254 e. The van der Waals surface area contributed by atoms with Gasteiger partial charge in [-0.2, -0.15) is 0 Å². The zero-order valence-corrected chi connectivity index (χ0v) is 7.61. The van der Waals surface area contributed by atoms with E-state index < -0.39 is 0 Å². The lowest BCUT2D eigenvalue weighted by molar-refractivity contribution is 0.0942. The highest BCUT2D eigenvalue weighted by Gasteiger charge is 2.06. The number of rotatable bonds is 2. The minimum Gasteiger partial charge on any atom is -0.368 e. The molecule has 5 heteroatoms. The van der Waals surface area contributed by atoms with Gasteiger partial charge in [0.05, 0.1) is 5.56 Å². The first-order valence-electron chi connectivity index (χ1n) is 3.98. The predicted octanol–water partition coefficient (Wildman–Crippen LogP) is 0.197. The summed E-state index contributed by atoms with van der Waals surface area (Å²) in [6, 6.07) is 0.102. The molecule has 0 aliphatic heterocycles. The van der Waals surface area contributed by atoms with Gasteiger partial charge in [0.1, 0.15) is 0 Å². The van der Waals surface area contributed by atoms with Crippen LogP contribution in [-0.2, 0) is 0 Å². The summed E-state index contributed by atoms with van der Waals surface area (Å²) in [5.74, 6) is -0.0175. The van der Waals surface area contributed by atoms with Crippen LogP contribution in [0, 0.1) is 0 Å². The summed E-state index contributed by atoms with van der Waals surface area (Å²) in [5, 5.41) is 2.72. The Morgan fingerprint density at radius 1 is 1.46 bits per heavy atom. The second-order valence-corrected chi connectivity index (χ2v) is 2.96. The Labute approximate surface area is 76.4 Å². The van der Waals surface area contributed by atoms with Gasteiger partial charge in [0, 0.05) is 18.4 Å². The van der Waals surface area contributed by atoms with Crippen LogP contribution in [0.5, 0.6) is 0 Å². The summed E-state index contributed by atoms with van der Waals surface area (Å²) < 4.78 is 0. The van der Waals surface area contributed by atoms with E-state index in [1.165, 1.54) is 12.4 Å². The van der Waals surface area contributed by atoms with Crippen LogP contribution in [0.1, 0.15) is 24.2 Å².